The van der Waals surface area contributed by atoms with Gasteiger partial charge in [0, 0.05) is 0 Å². The molecule has 0 heterocycles. The van der Waals surface area contributed by atoms with Gasteiger partial charge in [0.2, 0.25) is 0 Å². The Hall–Kier alpha value is 0.597. The van der Waals surface area contributed by atoms with Gasteiger partial charge in [-0.1, -0.05) is 35.3 Å². The van der Waals surface area contributed by atoms with Crippen LogP contribution in [0, 0.1) is 0 Å². The van der Waals surface area contributed by atoms with Crippen molar-refractivity contribution in [2.24, 2.45) is 0 Å². The highest BCUT2D eigenvalue weighted by molar-refractivity contribution is 7.33. The smallest absolute Gasteiger partial charge is 0.146 e. The summed E-state index contributed by atoms with van der Waals surface area (Å²) in [6.45, 7) is 0. The Morgan fingerprint density at radius 3 is 2.42 bits per heavy atom. The lowest BCUT2D eigenvalue weighted by Gasteiger charge is -2.03. The lowest BCUT2D eigenvalue weighted by Crippen LogP contribution is -2.00. The number of halogens is 4. The molecule has 1 aromatic carbocycles. The summed E-state index contributed by atoms with van der Waals surface area (Å²) in [7, 11) is -1.32. The molecule has 0 amide bonds. The molecule has 0 atom stereocenters. The Kier molecular flexibility index (Phi) is 4.21. The fourth-order valence-corrected chi connectivity index (χ4v) is 2.77. The van der Waals surface area contributed by atoms with Gasteiger partial charge >= 0.3 is 0 Å². The number of hydrogen-bond acceptors (Lipinski definition) is 0. The topological polar surface area (TPSA) is 0 Å². The van der Waals surface area contributed by atoms with E-state index in [1.54, 1.807) is 6.07 Å². The van der Waals surface area contributed by atoms with Gasteiger partial charge in [-0.25, -0.2) is 0 Å². The largest absolute Gasteiger partial charge is 0.278 e. The summed E-state index contributed by atoms with van der Waals surface area (Å²) < 4.78 is 0. The van der Waals surface area contributed by atoms with E-state index in [2.05, 4.69) is 0 Å². The molecular weight excluding hydrogens is 254 g/mol. The normalized spacial score (nSPS) is 10.8. The zero-order valence-corrected chi connectivity index (χ0v) is 9.97. The second-order valence-corrected chi connectivity index (χ2v) is 7.36. The summed E-state index contributed by atoms with van der Waals surface area (Å²) in [5.74, 6) is 0. The van der Waals surface area contributed by atoms with Crippen LogP contribution in [0.4, 0.5) is 0 Å². The zero-order chi connectivity index (χ0) is 9.14. The van der Waals surface area contributed by atoms with Gasteiger partial charge in [-0.15, -0.1) is 22.2 Å². The first-order valence-corrected chi connectivity index (χ1v) is 7.69. The number of hydrogen-bond donors (Lipinski definition) is 0. The van der Waals surface area contributed by atoms with Gasteiger partial charge in [0.25, 0.3) is 7.42 Å². The minimum atomic E-state index is -1.32. The molecule has 5 heteroatoms. The highest BCUT2D eigenvalue weighted by atomic mass is 35.7. The van der Waals surface area contributed by atoms with E-state index in [1.165, 1.54) is 0 Å². The molecule has 1 radical (unpaired) electrons. The van der Waals surface area contributed by atoms with Crippen LogP contribution in [0.25, 0.3) is 0 Å². The first-order valence-electron chi connectivity index (χ1n) is 3.21. The lowest BCUT2D eigenvalue weighted by molar-refractivity contribution is 1.39. The SMILES string of the molecule is Clc1cccc(C[Si](Cl)Cl)c1Cl. The Bertz CT molecular complexity index is 274. The Labute approximate surface area is 92.4 Å². The third-order valence-corrected chi connectivity index (χ3v) is 3.66. The minimum absolute atomic E-state index is 0.547. The van der Waals surface area contributed by atoms with Crippen molar-refractivity contribution in [3.63, 3.8) is 0 Å². The van der Waals surface area contributed by atoms with Crippen LogP contribution in [0.3, 0.4) is 0 Å². The summed E-state index contributed by atoms with van der Waals surface area (Å²) in [6, 6.07) is 6.07. The van der Waals surface area contributed by atoms with Crippen LogP contribution in [0.2, 0.25) is 10.0 Å². The van der Waals surface area contributed by atoms with Crippen LogP contribution in [0.5, 0.6) is 0 Å². The van der Waals surface area contributed by atoms with Gasteiger partial charge in [-0.2, -0.15) is 0 Å². The highest BCUT2D eigenvalue weighted by Crippen LogP contribution is 2.26. The molecule has 0 bridgehead atoms. The van der Waals surface area contributed by atoms with E-state index < -0.39 is 7.42 Å². The quantitative estimate of drug-likeness (QED) is 0.555. The molecule has 1 rings (SSSR count). The van der Waals surface area contributed by atoms with Gasteiger partial charge in [0.05, 0.1) is 10.0 Å². The third-order valence-electron chi connectivity index (χ3n) is 1.36. The molecule has 0 aromatic heterocycles. The second-order valence-electron chi connectivity index (χ2n) is 2.23. The predicted molar refractivity (Wildman–Crippen MR) is 57.6 cm³/mol. The van der Waals surface area contributed by atoms with Crippen molar-refractivity contribution in [1.82, 2.24) is 0 Å². The molecule has 0 aliphatic heterocycles. The molecule has 0 nitrogen and oxygen atoms in total. The van der Waals surface area contributed by atoms with E-state index in [1.807, 2.05) is 12.1 Å². The maximum Gasteiger partial charge on any atom is 0.278 e. The molecule has 1 aromatic rings. The molecule has 0 aliphatic carbocycles. The van der Waals surface area contributed by atoms with Crippen LogP contribution < -0.4 is 0 Å². The molecular formula is C7H5Cl4Si. The molecule has 12 heavy (non-hydrogen) atoms. The monoisotopic (exact) mass is 257 g/mol. The van der Waals surface area contributed by atoms with E-state index in [9.17, 15) is 0 Å². The average molecular weight is 259 g/mol. The van der Waals surface area contributed by atoms with Crippen molar-refractivity contribution in [2.75, 3.05) is 0 Å². The van der Waals surface area contributed by atoms with E-state index in [4.69, 9.17) is 45.4 Å². The summed E-state index contributed by atoms with van der Waals surface area (Å²) in [4.78, 5) is 0. The standard InChI is InChI=1S/C7H5Cl4Si/c8-6-3-1-2-5(7(6)9)4-12(10)11/h1-3H,4H2. The van der Waals surface area contributed by atoms with Crippen molar-refractivity contribution >= 4 is 52.8 Å². The van der Waals surface area contributed by atoms with Gasteiger partial charge in [0.1, 0.15) is 0 Å². The highest BCUT2D eigenvalue weighted by Gasteiger charge is 2.09. The maximum absolute atomic E-state index is 5.90. The van der Waals surface area contributed by atoms with Crippen LogP contribution in [0.15, 0.2) is 18.2 Å². The molecule has 65 valence electrons. The maximum atomic E-state index is 5.90. The van der Waals surface area contributed by atoms with E-state index >= 15 is 0 Å². The van der Waals surface area contributed by atoms with Crippen LogP contribution in [-0.4, -0.2) is 7.42 Å². The molecule has 0 N–H and O–H groups in total. The average Bonchev–Trinajstić information content (AvgIpc) is 1.98. The van der Waals surface area contributed by atoms with Crippen LogP contribution in [-0.2, 0) is 6.04 Å². The third kappa shape index (κ3) is 2.82. The summed E-state index contributed by atoms with van der Waals surface area (Å²) in [5.41, 5.74) is 0.919. The van der Waals surface area contributed by atoms with Gasteiger partial charge in [-0.05, 0) is 17.7 Å². The lowest BCUT2D eigenvalue weighted by atomic mass is 10.2. The second kappa shape index (κ2) is 4.73. The fourth-order valence-electron chi connectivity index (χ4n) is 0.829. The van der Waals surface area contributed by atoms with E-state index in [-0.39, 0.29) is 0 Å². The molecule has 0 saturated heterocycles. The van der Waals surface area contributed by atoms with E-state index in [0.29, 0.717) is 16.1 Å². The first-order chi connectivity index (χ1) is 5.61. The summed E-state index contributed by atoms with van der Waals surface area (Å²) in [5, 5.41) is 1.11. The van der Waals surface area contributed by atoms with Crippen molar-refractivity contribution < 1.29 is 0 Å². The van der Waals surface area contributed by atoms with Crippen LogP contribution in [0.1, 0.15) is 5.56 Å². The van der Waals surface area contributed by atoms with Crippen molar-refractivity contribution in [1.29, 1.82) is 0 Å². The molecule has 0 fully saturated rings. The van der Waals surface area contributed by atoms with Crippen molar-refractivity contribution in [3.8, 4) is 0 Å². The first kappa shape index (κ1) is 10.7. The van der Waals surface area contributed by atoms with Crippen LogP contribution >= 0.6 is 45.4 Å². The molecule has 0 spiro atoms. The van der Waals surface area contributed by atoms with E-state index in [0.717, 1.165) is 5.56 Å². The fraction of sp³-hybridized carbons (Fsp3) is 0.143. The Morgan fingerprint density at radius 1 is 1.17 bits per heavy atom. The van der Waals surface area contributed by atoms with Crippen molar-refractivity contribution in [3.05, 3.63) is 33.8 Å². The summed E-state index contributed by atoms with van der Waals surface area (Å²) in [6.07, 6.45) is 0. The Balaban J connectivity index is 2.92. The molecule has 0 aliphatic rings. The number of benzene rings is 1. The number of rotatable bonds is 2. The Morgan fingerprint density at radius 2 is 1.83 bits per heavy atom. The van der Waals surface area contributed by atoms with Gasteiger partial charge in [-0.3, -0.25) is 0 Å². The molecule has 0 saturated carbocycles. The zero-order valence-electron chi connectivity index (χ0n) is 5.95. The van der Waals surface area contributed by atoms with Crippen molar-refractivity contribution in [2.45, 2.75) is 6.04 Å². The van der Waals surface area contributed by atoms with Gasteiger partial charge in [0.15, 0.2) is 0 Å². The van der Waals surface area contributed by atoms with Gasteiger partial charge < -0.3 is 0 Å². The minimum Gasteiger partial charge on any atom is -0.146 e. The molecule has 0 unspecified atom stereocenters. The predicted octanol–water partition coefficient (Wildman–Crippen LogP) is 4.04. The summed E-state index contributed by atoms with van der Waals surface area (Å²) >= 11 is 23.1.